The number of rotatable bonds is 4. The van der Waals surface area contributed by atoms with Crippen molar-refractivity contribution in [3.63, 3.8) is 0 Å². The lowest BCUT2D eigenvalue weighted by atomic mass is 10.3. The molecule has 3 atom stereocenters. The predicted molar refractivity (Wildman–Crippen MR) is 51.0 cm³/mol. The van der Waals surface area contributed by atoms with Crippen LogP contribution in [0.15, 0.2) is 12.8 Å². The molecule has 0 aromatic heterocycles. The molecule has 4 N–H and O–H groups in total. The van der Waals surface area contributed by atoms with Crippen LogP contribution in [-0.2, 0) is 4.74 Å². The average Bonchev–Trinajstić information content (AvgIpc) is 2.47. The molecule has 0 bridgehead atoms. The van der Waals surface area contributed by atoms with Gasteiger partial charge in [-0.3, -0.25) is 0 Å². The summed E-state index contributed by atoms with van der Waals surface area (Å²) in [5, 5.41) is 0.211. The van der Waals surface area contributed by atoms with Crippen molar-refractivity contribution >= 4 is 11.8 Å². The summed E-state index contributed by atoms with van der Waals surface area (Å²) < 4.78 is 5.31. The van der Waals surface area contributed by atoms with Crippen molar-refractivity contribution in [2.75, 3.05) is 0 Å². The summed E-state index contributed by atoms with van der Waals surface area (Å²) in [5.41, 5.74) is 11.6. The highest BCUT2D eigenvalue weighted by molar-refractivity contribution is 8.00. The number of nitrogens with two attached hydrogens (primary N) is 1. The summed E-state index contributed by atoms with van der Waals surface area (Å²) in [6.45, 7) is 5.60. The van der Waals surface area contributed by atoms with Crippen LogP contribution in [-0.4, -0.2) is 17.0 Å². The van der Waals surface area contributed by atoms with Gasteiger partial charge in [0.05, 0.1) is 6.26 Å². The highest BCUT2D eigenvalue weighted by Crippen LogP contribution is 2.22. The monoisotopic (exact) mass is 189 g/mol. The molecule has 0 aliphatic carbocycles. The second kappa shape index (κ2) is 4.71. The van der Waals surface area contributed by atoms with Gasteiger partial charge in [-0.05, 0) is 6.42 Å². The van der Waals surface area contributed by atoms with Crippen LogP contribution in [0.2, 0.25) is 0 Å². The van der Waals surface area contributed by atoms with Gasteiger partial charge in [0.1, 0.15) is 17.0 Å². The minimum atomic E-state index is -0.0440. The van der Waals surface area contributed by atoms with E-state index < -0.39 is 0 Å². The lowest BCUT2D eigenvalue weighted by Crippen LogP contribution is -2.41. The first-order valence-electron chi connectivity index (χ1n) is 3.96. The molecule has 12 heavy (non-hydrogen) atoms. The zero-order valence-electron chi connectivity index (χ0n) is 7.12. The summed E-state index contributed by atoms with van der Waals surface area (Å²) >= 11 is 1.62. The lowest BCUT2D eigenvalue weighted by Gasteiger charge is -2.19. The molecule has 1 heterocycles. The second-order valence-corrected chi connectivity index (χ2v) is 3.80. The summed E-state index contributed by atoms with van der Waals surface area (Å²) in [6.07, 6.45) is 2.54. The van der Waals surface area contributed by atoms with E-state index in [4.69, 9.17) is 10.5 Å². The Morgan fingerprint density at radius 1 is 1.75 bits per heavy atom. The molecular formula is C7H15N3OS. The minimum absolute atomic E-state index is 0.0440. The van der Waals surface area contributed by atoms with Gasteiger partial charge in [0.15, 0.2) is 0 Å². The van der Waals surface area contributed by atoms with Crippen LogP contribution in [0.5, 0.6) is 0 Å². The van der Waals surface area contributed by atoms with Gasteiger partial charge in [-0.2, -0.15) is 0 Å². The molecule has 1 aliphatic heterocycles. The second-order valence-electron chi connectivity index (χ2n) is 2.52. The van der Waals surface area contributed by atoms with Crippen molar-refractivity contribution in [1.82, 2.24) is 10.9 Å². The average molecular weight is 189 g/mol. The normalized spacial score (nSPS) is 31.5. The van der Waals surface area contributed by atoms with Gasteiger partial charge >= 0.3 is 0 Å². The summed E-state index contributed by atoms with van der Waals surface area (Å²) in [6, 6.07) is 0. The highest BCUT2D eigenvalue weighted by Gasteiger charge is 2.28. The van der Waals surface area contributed by atoms with Crippen LogP contribution in [0.4, 0.5) is 0 Å². The van der Waals surface area contributed by atoms with Crippen molar-refractivity contribution in [2.24, 2.45) is 5.73 Å². The zero-order chi connectivity index (χ0) is 8.97. The Bertz CT molecular complexity index is 156. The summed E-state index contributed by atoms with van der Waals surface area (Å²) in [4.78, 5) is 0. The lowest BCUT2D eigenvalue weighted by molar-refractivity contribution is 0.127. The number of hydrazine groups is 1. The zero-order valence-corrected chi connectivity index (χ0v) is 7.93. The molecule has 70 valence electrons. The van der Waals surface area contributed by atoms with Gasteiger partial charge in [0, 0.05) is 0 Å². The Kier molecular flexibility index (Phi) is 3.87. The fourth-order valence-corrected chi connectivity index (χ4v) is 2.10. The molecule has 0 saturated carbocycles. The molecule has 0 amide bonds. The Morgan fingerprint density at radius 3 is 2.92 bits per heavy atom. The quantitative estimate of drug-likeness (QED) is 0.557. The van der Waals surface area contributed by atoms with Crippen LogP contribution in [0, 0.1) is 0 Å². The SMILES string of the molecule is C=COC(CC)C1NNC(N)S1. The third-order valence-electron chi connectivity index (χ3n) is 1.67. The first-order chi connectivity index (χ1) is 5.77. The Morgan fingerprint density at radius 2 is 2.50 bits per heavy atom. The Balaban J connectivity index is 2.38. The van der Waals surface area contributed by atoms with E-state index in [9.17, 15) is 0 Å². The van der Waals surface area contributed by atoms with Crippen LogP contribution >= 0.6 is 11.8 Å². The molecule has 1 fully saturated rings. The summed E-state index contributed by atoms with van der Waals surface area (Å²) in [5.74, 6) is 0. The van der Waals surface area contributed by atoms with Crippen LogP contribution < -0.4 is 16.6 Å². The third-order valence-corrected chi connectivity index (χ3v) is 2.80. The molecule has 0 aromatic rings. The van der Waals surface area contributed by atoms with E-state index in [1.165, 1.54) is 6.26 Å². The van der Waals surface area contributed by atoms with E-state index in [1.807, 2.05) is 0 Å². The standard InChI is InChI=1S/C7H15N3OS/c1-3-5(11-4-2)6-9-10-7(8)12-6/h4-7,9-10H,2-3,8H2,1H3. The molecule has 4 nitrogen and oxygen atoms in total. The third kappa shape index (κ3) is 2.38. The van der Waals surface area contributed by atoms with E-state index in [0.29, 0.717) is 0 Å². The van der Waals surface area contributed by atoms with Gasteiger partial charge < -0.3 is 10.5 Å². The first-order valence-corrected chi connectivity index (χ1v) is 4.90. The number of thioether (sulfide) groups is 1. The van der Waals surface area contributed by atoms with E-state index in [2.05, 4.69) is 24.4 Å². The number of nitrogens with one attached hydrogen (secondary N) is 2. The summed E-state index contributed by atoms with van der Waals surface area (Å²) in [7, 11) is 0. The maximum atomic E-state index is 5.62. The fraction of sp³-hybridized carbons (Fsp3) is 0.714. The van der Waals surface area contributed by atoms with Crippen molar-refractivity contribution in [3.05, 3.63) is 12.8 Å². The van der Waals surface area contributed by atoms with Crippen molar-refractivity contribution in [3.8, 4) is 0 Å². The fourth-order valence-electron chi connectivity index (χ4n) is 1.08. The molecule has 5 heteroatoms. The molecule has 0 radical (unpaired) electrons. The van der Waals surface area contributed by atoms with Gasteiger partial charge in [-0.1, -0.05) is 13.5 Å². The molecule has 1 saturated heterocycles. The predicted octanol–water partition coefficient (Wildman–Crippen LogP) is 0.334. The Labute approximate surface area is 76.9 Å². The van der Waals surface area contributed by atoms with Crippen LogP contribution in [0.1, 0.15) is 13.3 Å². The van der Waals surface area contributed by atoms with Gasteiger partial charge in [-0.15, -0.1) is 11.8 Å². The molecule has 1 aliphatic rings. The number of ether oxygens (including phenoxy) is 1. The maximum absolute atomic E-state index is 5.62. The van der Waals surface area contributed by atoms with Gasteiger partial charge in [-0.25, -0.2) is 10.9 Å². The topological polar surface area (TPSA) is 59.3 Å². The van der Waals surface area contributed by atoms with Gasteiger partial charge in [0.2, 0.25) is 0 Å². The first kappa shape index (κ1) is 9.85. The molecule has 1 rings (SSSR count). The van der Waals surface area contributed by atoms with Crippen molar-refractivity contribution < 1.29 is 4.74 Å². The number of hydrogen-bond donors (Lipinski definition) is 3. The van der Waals surface area contributed by atoms with Crippen molar-refractivity contribution in [2.45, 2.75) is 30.3 Å². The van der Waals surface area contributed by atoms with Crippen molar-refractivity contribution in [1.29, 1.82) is 0 Å². The van der Waals surface area contributed by atoms with E-state index >= 15 is 0 Å². The number of hydrogen-bond acceptors (Lipinski definition) is 5. The Hall–Kier alpha value is -0.230. The molecule has 0 spiro atoms. The minimum Gasteiger partial charge on any atom is -0.496 e. The largest absolute Gasteiger partial charge is 0.496 e. The smallest absolute Gasteiger partial charge is 0.123 e. The van der Waals surface area contributed by atoms with E-state index in [0.717, 1.165) is 6.42 Å². The highest BCUT2D eigenvalue weighted by atomic mass is 32.2. The van der Waals surface area contributed by atoms with Crippen LogP contribution in [0.25, 0.3) is 0 Å². The molecule has 0 aromatic carbocycles. The maximum Gasteiger partial charge on any atom is 0.123 e. The van der Waals surface area contributed by atoms with Gasteiger partial charge in [0.25, 0.3) is 0 Å². The van der Waals surface area contributed by atoms with Crippen LogP contribution in [0.3, 0.4) is 0 Å². The molecule has 3 unspecified atom stereocenters. The van der Waals surface area contributed by atoms with E-state index in [1.54, 1.807) is 11.8 Å². The van der Waals surface area contributed by atoms with E-state index in [-0.39, 0.29) is 17.0 Å². The molecular weight excluding hydrogens is 174 g/mol.